The van der Waals surface area contributed by atoms with Gasteiger partial charge in [-0.25, -0.2) is 0 Å². The van der Waals surface area contributed by atoms with Gasteiger partial charge >= 0.3 is 26.2 Å². The summed E-state index contributed by atoms with van der Waals surface area (Å²) in [4.78, 5) is 0. The second-order valence-electron chi connectivity index (χ2n) is 11.1. The summed E-state index contributed by atoms with van der Waals surface area (Å²) in [5.74, 6) is 1.26. The van der Waals surface area contributed by atoms with Crippen LogP contribution in [-0.4, -0.2) is 8.07 Å². The van der Waals surface area contributed by atoms with Crippen molar-refractivity contribution >= 4 is 24.0 Å². The molecule has 2 bridgehead atoms. The molecule has 0 saturated carbocycles. The van der Waals surface area contributed by atoms with Gasteiger partial charge in [0.25, 0.3) is 0 Å². The molecule has 3 heterocycles. The number of hydrogen-bond donors (Lipinski definition) is 0. The normalized spacial score (nSPS) is 16.7. The Morgan fingerprint density at radius 2 is 1.54 bits per heavy atom. The van der Waals surface area contributed by atoms with Crippen molar-refractivity contribution in [3.05, 3.63) is 95.0 Å². The summed E-state index contributed by atoms with van der Waals surface area (Å²) in [7, 11) is -1.08. The first kappa shape index (κ1) is 30.0. The molecule has 1 radical (unpaired) electrons. The van der Waals surface area contributed by atoms with Gasteiger partial charge in [-0.2, -0.15) is 6.07 Å². The van der Waals surface area contributed by atoms with Gasteiger partial charge in [0, 0.05) is 11.1 Å². The molecule has 5 heteroatoms. The van der Waals surface area contributed by atoms with Crippen LogP contribution in [-0.2, 0) is 31.6 Å². The maximum absolute atomic E-state index is 5.53. The molecule has 1 unspecified atom stereocenters. The number of furan rings is 1. The van der Waals surface area contributed by atoms with Gasteiger partial charge < -0.3 is 29.2 Å². The first-order valence-electron chi connectivity index (χ1n) is 11.6. The van der Waals surface area contributed by atoms with Crippen LogP contribution in [0.3, 0.4) is 0 Å². The maximum Gasteiger partial charge on any atom is 3.00 e. The summed E-state index contributed by atoms with van der Waals surface area (Å²) >= 11 is 0. The van der Waals surface area contributed by atoms with Crippen molar-refractivity contribution in [3.8, 4) is 11.1 Å². The van der Waals surface area contributed by atoms with E-state index in [1.54, 1.807) is 10.8 Å². The number of allylic oxidation sites excluding steroid dienone is 1. The minimum atomic E-state index is -1.08. The molecule has 0 N–H and O–H groups in total. The third-order valence-electron chi connectivity index (χ3n) is 7.38. The van der Waals surface area contributed by atoms with Crippen LogP contribution in [0.4, 0.5) is 0 Å². The SMILES string of the molecule is CC1=C2c3ccoc3C1[Si]2(C)C.Cc1cc2c(-c3ccc(C(C)(C)C)cc3)cccc2[cH-]1.[Cl-].[Cl-].[Zr+3]. The van der Waals surface area contributed by atoms with Crippen LogP contribution >= 0.6 is 0 Å². The van der Waals surface area contributed by atoms with Gasteiger partial charge in [-0.3, -0.25) is 0 Å². The van der Waals surface area contributed by atoms with Gasteiger partial charge in [-0.05, 0) is 34.7 Å². The Hall–Kier alpha value is -1.25. The van der Waals surface area contributed by atoms with Crippen LogP contribution in [0, 0.1) is 6.92 Å². The van der Waals surface area contributed by atoms with Gasteiger partial charge in [-0.1, -0.05) is 82.3 Å². The van der Waals surface area contributed by atoms with E-state index >= 15 is 0 Å². The zero-order valence-corrected chi connectivity index (χ0v) is 26.6. The molecule has 0 fully saturated rings. The van der Waals surface area contributed by atoms with Gasteiger partial charge in [0.2, 0.25) is 0 Å². The van der Waals surface area contributed by atoms with E-state index in [1.165, 1.54) is 44.3 Å². The zero-order chi connectivity index (χ0) is 22.8. The molecule has 181 valence electrons. The van der Waals surface area contributed by atoms with E-state index in [4.69, 9.17) is 4.42 Å². The third kappa shape index (κ3) is 4.99. The van der Waals surface area contributed by atoms with E-state index < -0.39 is 8.07 Å². The minimum absolute atomic E-state index is 0. The van der Waals surface area contributed by atoms with Gasteiger partial charge in [-0.15, -0.1) is 34.5 Å². The summed E-state index contributed by atoms with van der Waals surface area (Å²) in [6, 6.07) is 22.2. The van der Waals surface area contributed by atoms with Crippen LogP contribution in [0.1, 0.15) is 55.7 Å². The van der Waals surface area contributed by atoms with Crippen molar-refractivity contribution in [1.82, 2.24) is 0 Å². The fraction of sp³-hybridized carbons (Fsp3) is 0.300. The van der Waals surface area contributed by atoms with Crippen LogP contribution < -0.4 is 24.8 Å². The van der Waals surface area contributed by atoms with Crippen molar-refractivity contribution in [2.45, 2.75) is 58.7 Å². The average molecular weight is 600 g/mol. The van der Waals surface area contributed by atoms with Crippen molar-refractivity contribution in [2.75, 3.05) is 0 Å². The Morgan fingerprint density at radius 1 is 0.886 bits per heavy atom. The fourth-order valence-electron chi connectivity index (χ4n) is 5.88. The molecular formula is C30H33Cl2OSiZr. The van der Waals surface area contributed by atoms with Crippen molar-refractivity contribution in [2.24, 2.45) is 0 Å². The molecule has 3 aliphatic rings. The molecule has 1 aliphatic carbocycles. The number of aryl methyl sites for hydroxylation is 1. The summed E-state index contributed by atoms with van der Waals surface area (Å²) < 4.78 is 5.53. The maximum atomic E-state index is 5.53. The molecule has 7 rings (SSSR count). The Bertz CT molecular complexity index is 1350. The Morgan fingerprint density at radius 3 is 2.11 bits per heavy atom. The molecule has 2 aliphatic heterocycles. The van der Waals surface area contributed by atoms with Crippen LogP contribution in [0.5, 0.6) is 0 Å². The fourth-order valence-corrected chi connectivity index (χ4v) is 10.1. The number of rotatable bonds is 1. The molecule has 0 spiro atoms. The molecular weight excluding hydrogens is 567 g/mol. The van der Waals surface area contributed by atoms with E-state index in [0.29, 0.717) is 5.54 Å². The number of benzene rings is 2. The predicted molar refractivity (Wildman–Crippen MR) is 140 cm³/mol. The molecule has 0 saturated heterocycles. The molecule has 1 atom stereocenters. The van der Waals surface area contributed by atoms with Crippen molar-refractivity contribution in [3.63, 3.8) is 0 Å². The van der Waals surface area contributed by atoms with Gasteiger partial charge in [0.05, 0.1) is 14.3 Å². The largest absolute Gasteiger partial charge is 3.00 e. The molecule has 4 aromatic rings. The number of hydrogen-bond acceptors (Lipinski definition) is 1. The standard InChI is InChI=1S/C20H21.C10H12OSi.2ClH.Zr/c1-14-12-16-6-5-7-18(19(16)13-14)15-8-10-17(11-9-15)20(2,3)4;1-6-9-7-4-5-11-8(7)10(6)12(9,2)3;;;/h5-13H,1-4H3;4-5,10H,1-3H3;2*1H;/q-1;;;;+3/p-2. The molecule has 3 aromatic carbocycles. The van der Waals surface area contributed by atoms with E-state index in [0.717, 1.165) is 0 Å². The van der Waals surface area contributed by atoms with E-state index in [-0.39, 0.29) is 56.4 Å². The topological polar surface area (TPSA) is 13.1 Å². The number of fused-ring (bicyclic) bond motifs is 1. The van der Waals surface area contributed by atoms with Crippen LogP contribution in [0.15, 0.2) is 76.9 Å². The third-order valence-corrected chi connectivity index (χ3v) is 11.5. The Labute approximate surface area is 242 Å². The van der Waals surface area contributed by atoms with Crippen molar-refractivity contribution in [1.29, 1.82) is 0 Å². The predicted octanol–water partition coefficient (Wildman–Crippen LogP) is 2.79. The van der Waals surface area contributed by atoms with E-state index in [2.05, 4.69) is 108 Å². The monoisotopic (exact) mass is 597 g/mol. The second-order valence-corrected chi connectivity index (χ2v) is 15.6. The molecule has 1 aromatic heterocycles. The summed E-state index contributed by atoms with van der Waals surface area (Å²) in [6.45, 7) is 16.1. The average Bonchev–Trinajstić information content (AvgIpc) is 3.43. The number of halogens is 2. The quantitative estimate of drug-likeness (QED) is 0.242. The summed E-state index contributed by atoms with van der Waals surface area (Å²) in [6.07, 6.45) is 1.83. The zero-order valence-electron chi connectivity index (χ0n) is 21.6. The minimum Gasteiger partial charge on any atom is -1.00 e. The summed E-state index contributed by atoms with van der Waals surface area (Å²) in [5.41, 5.74) is 9.27. The van der Waals surface area contributed by atoms with Gasteiger partial charge in [0.15, 0.2) is 0 Å². The van der Waals surface area contributed by atoms with Crippen LogP contribution in [0.25, 0.3) is 27.1 Å². The van der Waals surface area contributed by atoms with E-state index in [9.17, 15) is 0 Å². The summed E-state index contributed by atoms with van der Waals surface area (Å²) in [5, 5.41) is 4.35. The van der Waals surface area contributed by atoms with E-state index in [1.807, 2.05) is 6.26 Å². The molecule has 0 amide bonds. The van der Waals surface area contributed by atoms with Crippen LogP contribution in [0.2, 0.25) is 13.1 Å². The van der Waals surface area contributed by atoms with Crippen molar-refractivity contribution < 1.29 is 55.4 Å². The Kier molecular flexibility index (Phi) is 9.10. The Balaban J connectivity index is 0.000000249. The molecule has 35 heavy (non-hydrogen) atoms. The first-order chi connectivity index (χ1) is 15.1. The smallest absolute Gasteiger partial charge is 1.00 e. The molecule has 1 nitrogen and oxygen atoms in total. The second kappa shape index (κ2) is 10.6. The van der Waals surface area contributed by atoms with Gasteiger partial charge in [0.1, 0.15) is 5.76 Å². The first-order valence-corrected chi connectivity index (χ1v) is 14.7.